The van der Waals surface area contributed by atoms with Crippen molar-refractivity contribution >= 4 is 11.6 Å². The van der Waals surface area contributed by atoms with Gasteiger partial charge in [-0.05, 0) is 18.2 Å². The average Bonchev–Trinajstić information content (AvgIpc) is 3.10. The van der Waals surface area contributed by atoms with E-state index in [1.165, 1.54) is 13.5 Å². The molecule has 3 rings (SSSR count). The van der Waals surface area contributed by atoms with Gasteiger partial charge in [0.2, 0.25) is 5.88 Å². The number of oxazole rings is 1. The lowest BCUT2D eigenvalue weighted by molar-refractivity contribution is 0.102. The smallest absolute Gasteiger partial charge is 0.255 e. The number of nitrogens with one attached hydrogen (secondary N) is 1. The lowest BCUT2D eigenvalue weighted by Crippen LogP contribution is -2.11. The highest BCUT2D eigenvalue weighted by Crippen LogP contribution is 2.19. The summed E-state index contributed by atoms with van der Waals surface area (Å²) in [4.78, 5) is 20.1. The van der Waals surface area contributed by atoms with Crippen LogP contribution in [-0.4, -0.2) is 23.0 Å². The second-order valence-corrected chi connectivity index (χ2v) is 4.49. The van der Waals surface area contributed by atoms with Gasteiger partial charge in [-0.25, -0.2) is 9.97 Å². The van der Waals surface area contributed by atoms with Crippen molar-refractivity contribution in [2.75, 3.05) is 12.4 Å². The summed E-state index contributed by atoms with van der Waals surface area (Å²) in [6.07, 6.45) is 4.53. The van der Waals surface area contributed by atoms with Crippen LogP contribution in [0.1, 0.15) is 10.4 Å². The van der Waals surface area contributed by atoms with Crippen LogP contribution in [0, 0.1) is 0 Å². The zero-order valence-electron chi connectivity index (χ0n) is 11.8. The lowest BCUT2D eigenvalue weighted by atomic mass is 10.1. The third kappa shape index (κ3) is 2.95. The molecule has 0 spiro atoms. The summed E-state index contributed by atoms with van der Waals surface area (Å²) < 4.78 is 10.2. The molecule has 0 aliphatic carbocycles. The van der Waals surface area contributed by atoms with Crippen molar-refractivity contribution in [1.82, 2.24) is 9.97 Å². The van der Waals surface area contributed by atoms with Crippen molar-refractivity contribution < 1.29 is 13.9 Å². The van der Waals surface area contributed by atoms with Crippen LogP contribution < -0.4 is 10.1 Å². The van der Waals surface area contributed by atoms with Crippen LogP contribution in [0.2, 0.25) is 0 Å². The summed E-state index contributed by atoms with van der Waals surface area (Å²) in [5.41, 5.74) is 2.00. The quantitative estimate of drug-likeness (QED) is 0.800. The summed E-state index contributed by atoms with van der Waals surface area (Å²) in [5, 5.41) is 2.77. The minimum absolute atomic E-state index is 0.212. The second kappa shape index (κ2) is 6.09. The zero-order valence-corrected chi connectivity index (χ0v) is 11.8. The maximum absolute atomic E-state index is 12.2. The molecule has 0 aliphatic rings. The number of carbonyl (C=O) groups is 1. The van der Waals surface area contributed by atoms with E-state index in [0.29, 0.717) is 22.9 Å². The van der Waals surface area contributed by atoms with Gasteiger partial charge in [-0.15, -0.1) is 0 Å². The van der Waals surface area contributed by atoms with Gasteiger partial charge >= 0.3 is 0 Å². The molecule has 22 heavy (non-hydrogen) atoms. The molecule has 0 atom stereocenters. The van der Waals surface area contributed by atoms with Gasteiger partial charge in [-0.3, -0.25) is 4.79 Å². The van der Waals surface area contributed by atoms with E-state index in [1.54, 1.807) is 36.7 Å². The number of benzene rings is 1. The van der Waals surface area contributed by atoms with Gasteiger partial charge in [-0.2, -0.15) is 0 Å². The summed E-state index contributed by atoms with van der Waals surface area (Å²) in [6, 6.07) is 10.5. The van der Waals surface area contributed by atoms with E-state index in [-0.39, 0.29) is 5.91 Å². The van der Waals surface area contributed by atoms with Crippen molar-refractivity contribution in [2.24, 2.45) is 0 Å². The molecule has 0 fully saturated rings. The van der Waals surface area contributed by atoms with Gasteiger partial charge in [0.05, 0.1) is 25.2 Å². The van der Waals surface area contributed by atoms with Crippen molar-refractivity contribution in [3.05, 3.63) is 60.7 Å². The van der Waals surface area contributed by atoms with Gasteiger partial charge < -0.3 is 14.5 Å². The van der Waals surface area contributed by atoms with Crippen LogP contribution in [0.4, 0.5) is 5.69 Å². The summed E-state index contributed by atoms with van der Waals surface area (Å²) in [7, 11) is 1.54. The van der Waals surface area contributed by atoms with Crippen molar-refractivity contribution in [3.63, 3.8) is 0 Å². The number of rotatable bonds is 4. The number of pyridine rings is 1. The number of ether oxygens (including phenoxy) is 1. The normalized spacial score (nSPS) is 10.2. The summed E-state index contributed by atoms with van der Waals surface area (Å²) in [6.45, 7) is 0. The Morgan fingerprint density at radius 1 is 1.14 bits per heavy atom. The van der Waals surface area contributed by atoms with E-state index in [1.807, 2.05) is 12.1 Å². The Balaban J connectivity index is 1.71. The first-order chi connectivity index (χ1) is 10.8. The number of nitrogens with zero attached hydrogens (tertiary/aromatic N) is 2. The highest BCUT2D eigenvalue weighted by Gasteiger charge is 2.08. The predicted octanol–water partition coefficient (Wildman–Crippen LogP) is 3.00. The van der Waals surface area contributed by atoms with Gasteiger partial charge in [0.15, 0.2) is 12.2 Å². The van der Waals surface area contributed by atoms with Crippen molar-refractivity contribution in [1.29, 1.82) is 0 Å². The fourth-order valence-corrected chi connectivity index (χ4v) is 1.92. The molecule has 1 aromatic carbocycles. The highest BCUT2D eigenvalue weighted by molar-refractivity contribution is 6.04. The molecule has 2 aromatic heterocycles. The third-order valence-corrected chi connectivity index (χ3v) is 3.07. The molecule has 0 aliphatic heterocycles. The van der Waals surface area contributed by atoms with E-state index in [9.17, 15) is 4.79 Å². The molecule has 3 aromatic rings. The van der Waals surface area contributed by atoms with Crippen LogP contribution in [0.3, 0.4) is 0 Å². The largest absolute Gasteiger partial charge is 0.481 e. The fraction of sp³-hybridized carbons (Fsp3) is 0.0625. The number of amides is 1. The lowest BCUT2D eigenvalue weighted by Gasteiger charge is -2.06. The molecule has 0 bridgehead atoms. The molecule has 6 heteroatoms. The number of anilines is 1. The molecule has 6 nitrogen and oxygen atoms in total. The molecular weight excluding hydrogens is 282 g/mol. The Morgan fingerprint density at radius 2 is 1.95 bits per heavy atom. The topological polar surface area (TPSA) is 77.2 Å². The number of aromatic nitrogens is 2. The minimum atomic E-state index is -0.212. The van der Waals surface area contributed by atoms with Gasteiger partial charge in [0, 0.05) is 17.2 Å². The van der Waals surface area contributed by atoms with Crippen LogP contribution >= 0.6 is 0 Å². The zero-order chi connectivity index (χ0) is 15.4. The van der Waals surface area contributed by atoms with Crippen LogP contribution in [0.15, 0.2) is 59.6 Å². The standard InChI is InChI=1S/C16H13N3O3/c1-21-15-7-6-13(8-18-15)19-16(20)12-4-2-11(3-5-12)14-9-17-10-22-14/h2-10H,1H3,(H,19,20). The third-order valence-electron chi connectivity index (χ3n) is 3.07. The van der Waals surface area contributed by atoms with E-state index in [2.05, 4.69) is 15.3 Å². The molecular formula is C16H13N3O3. The van der Waals surface area contributed by atoms with E-state index in [0.717, 1.165) is 5.56 Å². The number of hydrogen-bond acceptors (Lipinski definition) is 5. The monoisotopic (exact) mass is 295 g/mol. The predicted molar refractivity (Wildman–Crippen MR) is 80.7 cm³/mol. The van der Waals surface area contributed by atoms with Crippen LogP contribution in [-0.2, 0) is 0 Å². The maximum Gasteiger partial charge on any atom is 0.255 e. The first-order valence-corrected chi connectivity index (χ1v) is 6.56. The van der Waals surface area contributed by atoms with Gasteiger partial charge in [0.1, 0.15) is 0 Å². The first-order valence-electron chi connectivity index (χ1n) is 6.56. The molecule has 2 heterocycles. The van der Waals surface area contributed by atoms with E-state index in [4.69, 9.17) is 9.15 Å². The molecule has 0 saturated carbocycles. The molecule has 1 N–H and O–H groups in total. The minimum Gasteiger partial charge on any atom is -0.481 e. The SMILES string of the molecule is COc1ccc(NC(=O)c2ccc(-c3cnco3)cc2)cn1. The molecule has 0 saturated heterocycles. The Labute approximate surface area is 126 Å². The molecule has 0 radical (unpaired) electrons. The van der Waals surface area contributed by atoms with Gasteiger partial charge in [-0.1, -0.05) is 12.1 Å². The highest BCUT2D eigenvalue weighted by atomic mass is 16.5. The van der Waals surface area contributed by atoms with E-state index < -0.39 is 0 Å². The van der Waals surface area contributed by atoms with Crippen LogP contribution in [0.25, 0.3) is 11.3 Å². The maximum atomic E-state index is 12.2. The van der Waals surface area contributed by atoms with Gasteiger partial charge in [0.25, 0.3) is 5.91 Å². The number of methoxy groups -OCH3 is 1. The second-order valence-electron chi connectivity index (χ2n) is 4.49. The fourth-order valence-electron chi connectivity index (χ4n) is 1.92. The Kier molecular flexibility index (Phi) is 3.82. The van der Waals surface area contributed by atoms with Crippen molar-refractivity contribution in [2.45, 2.75) is 0 Å². The average molecular weight is 295 g/mol. The molecule has 1 amide bonds. The molecule has 0 unspecified atom stereocenters. The van der Waals surface area contributed by atoms with E-state index >= 15 is 0 Å². The first kappa shape index (κ1) is 13.8. The number of carbonyl (C=O) groups excluding carboxylic acids is 1. The Bertz CT molecular complexity index is 750. The summed E-state index contributed by atoms with van der Waals surface area (Å²) >= 11 is 0. The Morgan fingerprint density at radius 3 is 2.55 bits per heavy atom. The number of hydrogen-bond donors (Lipinski definition) is 1. The van der Waals surface area contributed by atoms with Crippen molar-refractivity contribution in [3.8, 4) is 17.2 Å². The van der Waals surface area contributed by atoms with Crippen LogP contribution in [0.5, 0.6) is 5.88 Å². The molecule has 110 valence electrons. The Hall–Kier alpha value is -3.15. The summed E-state index contributed by atoms with van der Waals surface area (Å²) in [5.74, 6) is 0.941.